The molecule has 2 aliphatic heterocycles. The lowest BCUT2D eigenvalue weighted by molar-refractivity contribution is -0.140. The number of urea groups is 1. The summed E-state index contributed by atoms with van der Waals surface area (Å²) >= 11 is 0. The van der Waals surface area contributed by atoms with Crippen LogP contribution in [0.5, 0.6) is 0 Å². The van der Waals surface area contributed by atoms with Gasteiger partial charge in [-0.2, -0.15) is 0 Å². The summed E-state index contributed by atoms with van der Waals surface area (Å²) in [7, 11) is 0. The lowest BCUT2D eigenvalue weighted by atomic mass is 10.0. The van der Waals surface area contributed by atoms with E-state index in [0.29, 0.717) is 19.6 Å². The smallest absolute Gasteiger partial charge is 0.325 e. The van der Waals surface area contributed by atoms with E-state index < -0.39 is 11.6 Å². The molecule has 2 fully saturated rings. The summed E-state index contributed by atoms with van der Waals surface area (Å²) in [6.45, 7) is 4.94. The second-order valence-electron chi connectivity index (χ2n) is 6.66. The molecule has 1 unspecified atom stereocenters. The van der Waals surface area contributed by atoms with Crippen LogP contribution < -0.4 is 10.6 Å². The van der Waals surface area contributed by atoms with E-state index in [2.05, 4.69) is 10.6 Å². The molecule has 128 valence electrons. The first-order chi connectivity index (χ1) is 11.4. The third-order valence-corrected chi connectivity index (χ3v) is 4.49. The zero-order valence-corrected chi connectivity index (χ0v) is 13.9. The van der Waals surface area contributed by atoms with Gasteiger partial charge in [-0.3, -0.25) is 14.5 Å². The fraction of sp³-hybridized carbons (Fsp3) is 0.471. The molecule has 0 saturated carbocycles. The van der Waals surface area contributed by atoms with Gasteiger partial charge in [0.1, 0.15) is 12.1 Å². The first-order valence-corrected chi connectivity index (χ1v) is 8.09. The normalized spacial score (nSPS) is 23.3. The van der Waals surface area contributed by atoms with Crippen molar-refractivity contribution in [3.05, 3.63) is 35.9 Å². The Bertz CT molecular complexity index is 659. The zero-order valence-electron chi connectivity index (χ0n) is 13.9. The third-order valence-electron chi connectivity index (χ3n) is 4.49. The number of imide groups is 1. The van der Waals surface area contributed by atoms with Crippen molar-refractivity contribution in [2.75, 3.05) is 26.2 Å². The highest BCUT2D eigenvalue weighted by molar-refractivity contribution is 6.08. The molecule has 2 heterocycles. The van der Waals surface area contributed by atoms with Gasteiger partial charge in [0.15, 0.2) is 0 Å². The molecular weight excluding hydrogens is 308 g/mol. The van der Waals surface area contributed by atoms with E-state index in [1.54, 1.807) is 18.7 Å². The molecule has 2 aliphatic rings. The molecule has 2 saturated heterocycles. The van der Waals surface area contributed by atoms with Gasteiger partial charge in [-0.15, -0.1) is 0 Å². The summed E-state index contributed by atoms with van der Waals surface area (Å²) in [6.07, 6.45) is 0. The summed E-state index contributed by atoms with van der Waals surface area (Å²) in [5, 5.41) is 5.89. The molecule has 1 aromatic rings. The van der Waals surface area contributed by atoms with Gasteiger partial charge in [0, 0.05) is 19.6 Å². The second-order valence-corrected chi connectivity index (χ2v) is 6.66. The maximum Gasteiger partial charge on any atom is 0.325 e. The van der Waals surface area contributed by atoms with Crippen LogP contribution in [0.15, 0.2) is 30.3 Å². The summed E-state index contributed by atoms with van der Waals surface area (Å²) < 4.78 is 0. The molecular formula is C17H22N4O3. The SMILES string of the molecule is CC1(C)NC(=O)N(CC(=O)N2CCNCC2c2ccccc2)C1=O. The highest BCUT2D eigenvalue weighted by Crippen LogP contribution is 2.23. The number of amides is 4. The largest absolute Gasteiger partial charge is 0.332 e. The topological polar surface area (TPSA) is 81.8 Å². The Morgan fingerprint density at radius 3 is 2.58 bits per heavy atom. The van der Waals surface area contributed by atoms with E-state index in [1.165, 1.54) is 0 Å². The van der Waals surface area contributed by atoms with Gasteiger partial charge in [0.2, 0.25) is 5.91 Å². The Kier molecular flexibility index (Phi) is 4.28. The molecule has 0 radical (unpaired) electrons. The van der Waals surface area contributed by atoms with E-state index in [4.69, 9.17) is 0 Å². The van der Waals surface area contributed by atoms with Gasteiger partial charge in [-0.05, 0) is 19.4 Å². The summed E-state index contributed by atoms with van der Waals surface area (Å²) in [5.74, 6) is -0.584. The molecule has 0 aromatic heterocycles. The van der Waals surface area contributed by atoms with Crippen LogP contribution in [0.4, 0.5) is 4.79 Å². The first kappa shape index (κ1) is 16.4. The van der Waals surface area contributed by atoms with Crippen LogP contribution in [0, 0.1) is 0 Å². The molecule has 1 atom stereocenters. The van der Waals surface area contributed by atoms with Crippen molar-refractivity contribution in [2.45, 2.75) is 25.4 Å². The van der Waals surface area contributed by atoms with Gasteiger partial charge in [0.25, 0.3) is 5.91 Å². The van der Waals surface area contributed by atoms with Crippen LogP contribution in [0.2, 0.25) is 0 Å². The highest BCUT2D eigenvalue weighted by Gasteiger charge is 2.45. The fourth-order valence-corrected chi connectivity index (χ4v) is 3.16. The number of piperazine rings is 1. The quantitative estimate of drug-likeness (QED) is 0.791. The average molecular weight is 330 g/mol. The average Bonchev–Trinajstić information content (AvgIpc) is 2.77. The van der Waals surface area contributed by atoms with Crippen LogP contribution in [-0.2, 0) is 9.59 Å². The maximum atomic E-state index is 12.8. The predicted octanol–water partition coefficient (Wildman–Crippen LogP) is 0.490. The number of hydrogen-bond acceptors (Lipinski definition) is 4. The Morgan fingerprint density at radius 1 is 1.25 bits per heavy atom. The molecule has 0 spiro atoms. The number of rotatable bonds is 3. The number of hydrogen-bond donors (Lipinski definition) is 2. The Labute approximate surface area is 141 Å². The van der Waals surface area contributed by atoms with Crippen molar-refractivity contribution in [3.8, 4) is 0 Å². The minimum Gasteiger partial charge on any atom is -0.332 e. The van der Waals surface area contributed by atoms with Gasteiger partial charge in [-0.1, -0.05) is 30.3 Å². The predicted molar refractivity (Wildman–Crippen MR) is 88.1 cm³/mol. The Morgan fingerprint density at radius 2 is 1.96 bits per heavy atom. The Balaban J connectivity index is 1.76. The van der Waals surface area contributed by atoms with Crippen molar-refractivity contribution in [3.63, 3.8) is 0 Å². The first-order valence-electron chi connectivity index (χ1n) is 8.09. The van der Waals surface area contributed by atoms with Crippen LogP contribution in [0.3, 0.4) is 0 Å². The molecule has 2 N–H and O–H groups in total. The number of benzene rings is 1. The summed E-state index contributed by atoms with van der Waals surface area (Å²) in [6, 6.07) is 9.16. The van der Waals surface area contributed by atoms with Gasteiger partial charge < -0.3 is 15.5 Å². The molecule has 0 aliphatic carbocycles. The second kappa shape index (κ2) is 6.24. The molecule has 3 rings (SSSR count). The molecule has 7 nitrogen and oxygen atoms in total. The van der Waals surface area contributed by atoms with Crippen LogP contribution in [-0.4, -0.2) is 59.4 Å². The lowest BCUT2D eigenvalue weighted by Crippen LogP contribution is -2.52. The number of nitrogens with zero attached hydrogens (tertiary/aromatic N) is 2. The van der Waals surface area contributed by atoms with Crippen molar-refractivity contribution in [2.24, 2.45) is 0 Å². The zero-order chi connectivity index (χ0) is 17.3. The number of nitrogens with one attached hydrogen (secondary N) is 2. The highest BCUT2D eigenvalue weighted by atomic mass is 16.2. The van der Waals surface area contributed by atoms with E-state index in [0.717, 1.165) is 10.5 Å². The molecule has 4 amide bonds. The van der Waals surface area contributed by atoms with Crippen LogP contribution >= 0.6 is 0 Å². The van der Waals surface area contributed by atoms with E-state index >= 15 is 0 Å². The molecule has 1 aromatic carbocycles. The summed E-state index contributed by atoms with van der Waals surface area (Å²) in [5.41, 5.74) is 0.0789. The Hall–Kier alpha value is -2.41. The van der Waals surface area contributed by atoms with Crippen molar-refractivity contribution < 1.29 is 14.4 Å². The minimum atomic E-state index is -0.959. The number of carbonyl (C=O) groups excluding carboxylic acids is 3. The fourth-order valence-electron chi connectivity index (χ4n) is 3.16. The van der Waals surface area contributed by atoms with Gasteiger partial charge in [-0.25, -0.2) is 4.79 Å². The van der Waals surface area contributed by atoms with Gasteiger partial charge >= 0.3 is 6.03 Å². The number of carbonyl (C=O) groups is 3. The molecule has 24 heavy (non-hydrogen) atoms. The van der Waals surface area contributed by atoms with Crippen molar-refractivity contribution >= 4 is 17.8 Å². The lowest BCUT2D eigenvalue weighted by Gasteiger charge is -2.37. The van der Waals surface area contributed by atoms with Crippen molar-refractivity contribution in [1.82, 2.24) is 20.4 Å². The van der Waals surface area contributed by atoms with Crippen molar-refractivity contribution in [1.29, 1.82) is 0 Å². The molecule has 7 heteroatoms. The van der Waals surface area contributed by atoms with Crippen LogP contribution in [0.1, 0.15) is 25.5 Å². The molecule has 0 bridgehead atoms. The van der Waals surface area contributed by atoms with E-state index in [-0.39, 0.29) is 24.4 Å². The third kappa shape index (κ3) is 2.99. The van der Waals surface area contributed by atoms with Crippen LogP contribution in [0.25, 0.3) is 0 Å². The standard InChI is InChI=1S/C17H22N4O3/c1-17(2)15(23)21(16(24)19-17)11-14(22)20-9-8-18-10-13(20)12-6-4-3-5-7-12/h3-7,13,18H,8-11H2,1-2H3,(H,19,24). The summed E-state index contributed by atoms with van der Waals surface area (Å²) in [4.78, 5) is 39.8. The minimum absolute atomic E-state index is 0.0961. The monoisotopic (exact) mass is 330 g/mol. The van der Waals surface area contributed by atoms with E-state index in [9.17, 15) is 14.4 Å². The van der Waals surface area contributed by atoms with Gasteiger partial charge in [0.05, 0.1) is 6.04 Å². The maximum absolute atomic E-state index is 12.8. The van der Waals surface area contributed by atoms with E-state index in [1.807, 2.05) is 30.3 Å².